The minimum atomic E-state index is -3.90. The fraction of sp³-hybridized carbons (Fsp3) is 0.538. The number of sulfonamides is 2. The highest BCUT2D eigenvalue weighted by molar-refractivity contribution is 7.92. The minimum Gasteiger partial charge on any atom is -0.228 e. The number of sulfone groups is 1. The van der Waals surface area contributed by atoms with Gasteiger partial charge in [-0.25, -0.2) is 30.4 Å². The van der Waals surface area contributed by atoms with Crippen molar-refractivity contribution in [3.8, 4) is 0 Å². The molecular formula is C13H20N2O6S3. The molecule has 1 aliphatic heterocycles. The molecule has 1 heterocycles. The summed E-state index contributed by atoms with van der Waals surface area (Å²) in [6.45, 7) is 3.40. The zero-order chi connectivity index (χ0) is 18.3. The lowest BCUT2D eigenvalue weighted by atomic mass is 10.3. The molecule has 136 valence electrons. The molecule has 8 nitrogen and oxygen atoms in total. The summed E-state index contributed by atoms with van der Waals surface area (Å²) in [5.74, 6) is 0.000592. The largest absolute Gasteiger partial charge is 0.243 e. The molecule has 2 rings (SSSR count). The Morgan fingerprint density at radius 3 is 1.88 bits per heavy atom. The lowest BCUT2D eigenvalue weighted by Crippen LogP contribution is -2.57. The number of nitrogens with zero attached hydrogens (tertiary/aromatic N) is 1. The van der Waals surface area contributed by atoms with Gasteiger partial charge in [-0.3, -0.25) is 0 Å². The molecule has 24 heavy (non-hydrogen) atoms. The van der Waals surface area contributed by atoms with Gasteiger partial charge < -0.3 is 0 Å². The van der Waals surface area contributed by atoms with Crippen molar-refractivity contribution in [3.63, 3.8) is 0 Å². The third kappa shape index (κ3) is 3.97. The molecular weight excluding hydrogens is 376 g/mol. The van der Waals surface area contributed by atoms with Gasteiger partial charge in [-0.05, 0) is 30.2 Å². The van der Waals surface area contributed by atoms with E-state index < -0.39 is 35.1 Å². The third-order valence-corrected chi connectivity index (χ3v) is 8.90. The van der Waals surface area contributed by atoms with Crippen LogP contribution in [0.1, 0.15) is 13.8 Å². The second kappa shape index (κ2) is 6.37. The predicted octanol–water partition coefficient (Wildman–Crippen LogP) is -0.222. The van der Waals surface area contributed by atoms with E-state index in [9.17, 15) is 25.3 Å². The summed E-state index contributed by atoms with van der Waals surface area (Å²) in [6.07, 6.45) is 0. The molecule has 1 fully saturated rings. The first-order valence-electron chi connectivity index (χ1n) is 7.18. The normalized spacial score (nSPS) is 17.8. The van der Waals surface area contributed by atoms with Gasteiger partial charge in [-0.1, -0.05) is 13.8 Å². The predicted molar refractivity (Wildman–Crippen MR) is 89.0 cm³/mol. The summed E-state index contributed by atoms with van der Waals surface area (Å²) in [4.78, 5) is -0.294. The summed E-state index contributed by atoms with van der Waals surface area (Å²) < 4.78 is 72.5. The Morgan fingerprint density at radius 1 is 1.00 bits per heavy atom. The molecule has 2 N–H and O–H groups in total. The van der Waals surface area contributed by atoms with Gasteiger partial charge in [-0.15, -0.1) is 0 Å². The van der Waals surface area contributed by atoms with Crippen molar-refractivity contribution in [3.05, 3.63) is 24.3 Å². The second-order valence-electron chi connectivity index (χ2n) is 6.18. The highest BCUT2D eigenvalue weighted by atomic mass is 32.2. The Bertz CT molecular complexity index is 912. The smallest absolute Gasteiger partial charge is 0.228 e. The van der Waals surface area contributed by atoms with Crippen LogP contribution in [-0.2, 0) is 29.9 Å². The van der Waals surface area contributed by atoms with Crippen LogP contribution in [0, 0.1) is 5.92 Å². The number of rotatable bonds is 6. The van der Waals surface area contributed by atoms with E-state index in [1.165, 1.54) is 0 Å². The van der Waals surface area contributed by atoms with E-state index >= 15 is 0 Å². The van der Waals surface area contributed by atoms with Crippen LogP contribution >= 0.6 is 0 Å². The van der Waals surface area contributed by atoms with Crippen molar-refractivity contribution in [1.82, 2.24) is 4.31 Å². The molecule has 0 saturated carbocycles. The van der Waals surface area contributed by atoms with Crippen molar-refractivity contribution in [2.24, 2.45) is 11.1 Å². The van der Waals surface area contributed by atoms with E-state index in [1.54, 1.807) is 13.8 Å². The number of primary sulfonamides is 1. The Balaban J connectivity index is 2.14. The van der Waals surface area contributed by atoms with Gasteiger partial charge in [0.1, 0.15) is 0 Å². The summed E-state index contributed by atoms with van der Waals surface area (Å²) in [7, 11) is -11.1. The van der Waals surface area contributed by atoms with Crippen molar-refractivity contribution < 1.29 is 25.3 Å². The quantitative estimate of drug-likeness (QED) is 0.707. The second-order valence-corrected chi connectivity index (χ2v) is 12.0. The van der Waals surface area contributed by atoms with Crippen LogP contribution in [0.4, 0.5) is 0 Å². The van der Waals surface area contributed by atoms with Gasteiger partial charge >= 0.3 is 0 Å². The van der Waals surface area contributed by atoms with Crippen LogP contribution in [0.15, 0.2) is 34.1 Å². The molecule has 0 spiro atoms. The summed E-state index contributed by atoms with van der Waals surface area (Å²) in [5.41, 5.74) is 0. The molecule has 0 aromatic heterocycles. The molecule has 1 saturated heterocycles. The van der Waals surface area contributed by atoms with Gasteiger partial charge in [0.15, 0.2) is 9.84 Å². The Morgan fingerprint density at radius 2 is 1.46 bits per heavy atom. The van der Waals surface area contributed by atoms with Gasteiger partial charge in [-0.2, -0.15) is 4.31 Å². The zero-order valence-corrected chi connectivity index (χ0v) is 15.7. The number of hydrogen-bond acceptors (Lipinski definition) is 6. The molecule has 0 radical (unpaired) electrons. The summed E-state index contributed by atoms with van der Waals surface area (Å²) in [6, 6.07) is 4.50. The van der Waals surface area contributed by atoms with E-state index in [4.69, 9.17) is 5.14 Å². The molecule has 11 heteroatoms. The number of nitrogens with two attached hydrogens (primary N) is 1. The lowest BCUT2D eigenvalue weighted by Gasteiger charge is -2.37. The van der Waals surface area contributed by atoms with E-state index in [0.717, 1.165) is 28.6 Å². The van der Waals surface area contributed by atoms with E-state index in [1.807, 2.05) is 0 Å². The topological polar surface area (TPSA) is 132 Å². The van der Waals surface area contributed by atoms with Crippen molar-refractivity contribution in [2.75, 3.05) is 18.8 Å². The van der Waals surface area contributed by atoms with Crippen molar-refractivity contribution >= 4 is 29.9 Å². The first kappa shape index (κ1) is 19.3. The van der Waals surface area contributed by atoms with Gasteiger partial charge in [0, 0.05) is 13.1 Å². The minimum absolute atomic E-state index is 0.0218. The molecule has 0 amide bonds. The first-order chi connectivity index (χ1) is 10.8. The lowest BCUT2D eigenvalue weighted by molar-refractivity contribution is 0.309. The SMILES string of the molecule is CC(C)CS(=O)(=O)C1CN(S(=O)(=O)c2ccc(S(N)(=O)=O)cc2)C1. The van der Waals surface area contributed by atoms with Crippen LogP contribution in [-0.4, -0.2) is 53.7 Å². The maximum Gasteiger partial charge on any atom is 0.243 e. The molecule has 1 aliphatic rings. The maximum atomic E-state index is 12.4. The van der Waals surface area contributed by atoms with Gasteiger partial charge in [0.25, 0.3) is 0 Å². The van der Waals surface area contributed by atoms with Gasteiger partial charge in [0.05, 0.1) is 20.8 Å². The zero-order valence-electron chi connectivity index (χ0n) is 13.3. The van der Waals surface area contributed by atoms with Crippen LogP contribution in [0.25, 0.3) is 0 Å². The van der Waals surface area contributed by atoms with Crippen LogP contribution < -0.4 is 5.14 Å². The highest BCUT2D eigenvalue weighted by Gasteiger charge is 2.43. The fourth-order valence-electron chi connectivity index (χ4n) is 2.38. The van der Waals surface area contributed by atoms with E-state index in [0.29, 0.717) is 0 Å². The average Bonchev–Trinajstić information content (AvgIpc) is 2.33. The monoisotopic (exact) mass is 396 g/mol. The molecule has 1 aromatic carbocycles. The fourth-order valence-corrected chi connectivity index (χ4v) is 6.63. The molecule has 0 unspecified atom stereocenters. The molecule has 0 aliphatic carbocycles. The first-order valence-corrected chi connectivity index (χ1v) is 11.9. The Kier molecular flexibility index (Phi) is 5.13. The van der Waals surface area contributed by atoms with Crippen molar-refractivity contribution in [1.29, 1.82) is 0 Å². The molecule has 0 bridgehead atoms. The Hall–Kier alpha value is -1.01. The molecule has 0 atom stereocenters. The number of benzene rings is 1. The Labute approximate surface area is 142 Å². The third-order valence-electron chi connectivity index (χ3n) is 3.68. The summed E-state index contributed by atoms with van der Waals surface area (Å²) in [5, 5.41) is 4.27. The van der Waals surface area contributed by atoms with Crippen LogP contribution in [0.5, 0.6) is 0 Å². The van der Waals surface area contributed by atoms with E-state index in [2.05, 4.69) is 0 Å². The maximum absolute atomic E-state index is 12.4. The van der Waals surface area contributed by atoms with Crippen LogP contribution in [0.2, 0.25) is 0 Å². The standard InChI is InChI=1S/C13H20N2O6S3/c1-10(2)9-22(16,17)13-7-15(8-13)24(20,21)12-5-3-11(4-6-12)23(14,18)19/h3-6,10,13H,7-9H2,1-2H3,(H2,14,18,19). The van der Waals surface area contributed by atoms with Crippen LogP contribution in [0.3, 0.4) is 0 Å². The summed E-state index contributed by atoms with van der Waals surface area (Å²) >= 11 is 0. The van der Waals surface area contributed by atoms with Gasteiger partial charge in [0.2, 0.25) is 20.0 Å². The van der Waals surface area contributed by atoms with Crippen molar-refractivity contribution in [2.45, 2.75) is 28.9 Å². The number of hydrogen-bond donors (Lipinski definition) is 1. The molecule has 1 aromatic rings. The van der Waals surface area contributed by atoms with E-state index in [-0.39, 0.29) is 34.6 Å². The average molecular weight is 397 g/mol. The highest BCUT2D eigenvalue weighted by Crippen LogP contribution is 2.26.